The number of nitrogens with zero attached hydrogens (tertiary/aromatic N) is 4. The molecule has 3 aromatic carbocycles. The molecule has 8 heteroatoms. The number of benzene rings is 3. The van der Waals surface area contributed by atoms with Gasteiger partial charge in [0.05, 0.1) is 12.1 Å². The van der Waals surface area contributed by atoms with E-state index in [1.165, 1.54) is 12.1 Å². The molecular formula is C26H21F3N4O. The van der Waals surface area contributed by atoms with Crippen LogP contribution in [0.2, 0.25) is 0 Å². The van der Waals surface area contributed by atoms with Gasteiger partial charge in [-0.1, -0.05) is 66.7 Å². The lowest BCUT2D eigenvalue weighted by atomic mass is 10.0. The Morgan fingerprint density at radius 1 is 0.794 bits per heavy atom. The van der Waals surface area contributed by atoms with E-state index in [2.05, 4.69) is 10.2 Å². The van der Waals surface area contributed by atoms with E-state index in [4.69, 9.17) is 0 Å². The Labute approximate surface area is 194 Å². The third kappa shape index (κ3) is 4.31. The largest absolute Gasteiger partial charge is 0.416 e. The molecule has 1 saturated heterocycles. The summed E-state index contributed by atoms with van der Waals surface area (Å²) in [6.07, 6.45) is -4.40. The van der Waals surface area contributed by atoms with Crippen LogP contribution in [0.4, 0.5) is 19.0 Å². The van der Waals surface area contributed by atoms with Crippen molar-refractivity contribution in [2.75, 3.05) is 24.5 Å². The number of amides is 1. The number of rotatable bonds is 4. The third-order valence-electron chi connectivity index (χ3n) is 5.99. The smallest absolute Gasteiger partial charge is 0.344 e. The minimum Gasteiger partial charge on any atom is -0.344 e. The first-order valence-electron chi connectivity index (χ1n) is 10.9. The molecule has 0 atom stereocenters. The number of aromatic nitrogens is 2. The van der Waals surface area contributed by atoms with Crippen molar-refractivity contribution in [3.8, 4) is 11.3 Å². The summed E-state index contributed by atoms with van der Waals surface area (Å²) in [5.41, 5.74) is 1.42. The maximum atomic E-state index is 13.0. The van der Waals surface area contributed by atoms with E-state index >= 15 is 0 Å². The van der Waals surface area contributed by atoms with E-state index in [-0.39, 0.29) is 12.5 Å². The van der Waals surface area contributed by atoms with Crippen LogP contribution in [0.3, 0.4) is 0 Å². The molecule has 5 rings (SSSR count). The molecule has 34 heavy (non-hydrogen) atoms. The first-order chi connectivity index (χ1) is 16.4. The highest BCUT2D eigenvalue weighted by Crippen LogP contribution is 2.34. The molecule has 0 bridgehead atoms. The van der Waals surface area contributed by atoms with Gasteiger partial charge < -0.3 is 9.80 Å². The van der Waals surface area contributed by atoms with Crippen LogP contribution in [0.1, 0.15) is 11.1 Å². The van der Waals surface area contributed by atoms with Gasteiger partial charge in [0.2, 0.25) is 5.91 Å². The van der Waals surface area contributed by atoms with Crippen LogP contribution in [-0.4, -0.2) is 40.6 Å². The normalized spacial score (nSPS) is 14.6. The molecule has 5 nitrogen and oxygen atoms in total. The summed E-state index contributed by atoms with van der Waals surface area (Å²) in [6, 6.07) is 22.2. The van der Waals surface area contributed by atoms with Crippen molar-refractivity contribution < 1.29 is 18.0 Å². The average molecular weight is 462 g/mol. The van der Waals surface area contributed by atoms with E-state index in [0.717, 1.165) is 28.5 Å². The molecule has 2 heterocycles. The van der Waals surface area contributed by atoms with Gasteiger partial charge in [0.25, 0.3) is 0 Å². The molecule has 0 saturated carbocycles. The van der Waals surface area contributed by atoms with E-state index in [0.29, 0.717) is 36.7 Å². The fraction of sp³-hybridized carbons (Fsp3) is 0.192. The van der Waals surface area contributed by atoms with Crippen molar-refractivity contribution in [3.05, 3.63) is 90.0 Å². The third-order valence-corrected chi connectivity index (χ3v) is 5.99. The van der Waals surface area contributed by atoms with Crippen LogP contribution in [-0.2, 0) is 17.5 Å². The summed E-state index contributed by atoms with van der Waals surface area (Å²) >= 11 is 0. The number of alkyl halides is 3. The van der Waals surface area contributed by atoms with Crippen molar-refractivity contribution in [1.29, 1.82) is 0 Å². The number of halogens is 3. The van der Waals surface area contributed by atoms with Gasteiger partial charge in [-0.15, -0.1) is 10.2 Å². The monoisotopic (exact) mass is 462 g/mol. The predicted octanol–water partition coefficient (Wildman–Crippen LogP) is 5.16. The molecule has 1 amide bonds. The zero-order chi connectivity index (χ0) is 23.7. The van der Waals surface area contributed by atoms with Gasteiger partial charge in [0.1, 0.15) is 5.69 Å². The fourth-order valence-electron chi connectivity index (χ4n) is 4.21. The van der Waals surface area contributed by atoms with Crippen molar-refractivity contribution in [3.63, 3.8) is 0 Å². The van der Waals surface area contributed by atoms with Crippen LogP contribution < -0.4 is 4.90 Å². The second kappa shape index (κ2) is 8.78. The van der Waals surface area contributed by atoms with Gasteiger partial charge in [-0.3, -0.25) is 4.79 Å². The number of piperazine rings is 1. The Morgan fingerprint density at radius 2 is 1.47 bits per heavy atom. The molecule has 1 aliphatic heterocycles. The molecule has 0 unspecified atom stereocenters. The number of carbonyl (C=O) groups is 1. The zero-order valence-corrected chi connectivity index (χ0v) is 18.2. The van der Waals surface area contributed by atoms with Crippen molar-refractivity contribution in [2.24, 2.45) is 0 Å². The molecule has 0 aliphatic carbocycles. The number of fused-ring (bicyclic) bond motifs is 1. The average Bonchev–Trinajstić information content (AvgIpc) is 2.85. The Bertz CT molecular complexity index is 1320. The number of hydrogen-bond acceptors (Lipinski definition) is 4. The molecular weight excluding hydrogens is 441 g/mol. The number of hydrogen-bond donors (Lipinski definition) is 0. The molecule has 0 radical (unpaired) electrons. The van der Waals surface area contributed by atoms with E-state index < -0.39 is 11.7 Å². The maximum absolute atomic E-state index is 13.0. The van der Waals surface area contributed by atoms with Crippen molar-refractivity contribution in [1.82, 2.24) is 15.1 Å². The lowest BCUT2D eigenvalue weighted by Crippen LogP contribution is -2.50. The fourth-order valence-corrected chi connectivity index (χ4v) is 4.21. The molecule has 1 fully saturated rings. The summed E-state index contributed by atoms with van der Waals surface area (Å²) in [6.45, 7) is 1.92. The minimum absolute atomic E-state index is 0.00722. The second-order valence-corrected chi connectivity index (χ2v) is 8.22. The number of carbonyl (C=O) groups excluding carboxylic acids is 1. The van der Waals surface area contributed by atoms with E-state index in [1.807, 2.05) is 64.4 Å². The highest BCUT2D eigenvalue weighted by atomic mass is 19.4. The Hall–Kier alpha value is -3.94. The summed E-state index contributed by atoms with van der Waals surface area (Å²) in [4.78, 5) is 16.6. The van der Waals surface area contributed by atoms with Crippen molar-refractivity contribution in [2.45, 2.75) is 12.7 Å². The first kappa shape index (κ1) is 21.9. The second-order valence-electron chi connectivity index (χ2n) is 8.22. The number of anilines is 1. The van der Waals surface area contributed by atoms with Gasteiger partial charge >= 0.3 is 6.18 Å². The van der Waals surface area contributed by atoms with Gasteiger partial charge in [0.15, 0.2) is 5.82 Å². The topological polar surface area (TPSA) is 49.3 Å². The Kier molecular flexibility index (Phi) is 5.65. The molecule has 0 spiro atoms. The Balaban J connectivity index is 1.42. The molecule has 1 aliphatic rings. The summed E-state index contributed by atoms with van der Waals surface area (Å²) < 4.78 is 38.9. The van der Waals surface area contributed by atoms with Gasteiger partial charge in [-0.25, -0.2) is 0 Å². The molecule has 4 aromatic rings. The summed E-state index contributed by atoms with van der Waals surface area (Å²) in [5, 5.41) is 10.3. The minimum atomic E-state index is -4.40. The van der Waals surface area contributed by atoms with Gasteiger partial charge in [-0.2, -0.15) is 13.2 Å². The highest BCUT2D eigenvalue weighted by molar-refractivity contribution is 6.01. The molecule has 0 N–H and O–H groups in total. The van der Waals surface area contributed by atoms with Crippen LogP contribution in [0, 0.1) is 0 Å². The quantitative estimate of drug-likeness (QED) is 0.420. The van der Waals surface area contributed by atoms with Gasteiger partial charge in [0, 0.05) is 36.0 Å². The lowest BCUT2D eigenvalue weighted by Gasteiger charge is -2.35. The summed E-state index contributed by atoms with van der Waals surface area (Å²) in [5.74, 6) is 0.603. The van der Waals surface area contributed by atoms with Crippen LogP contribution in [0.25, 0.3) is 22.0 Å². The van der Waals surface area contributed by atoms with E-state index in [1.54, 1.807) is 0 Å². The first-order valence-corrected chi connectivity index (χ1v) is 10.9. The Morgan fingerprint density at radius 3 is 2.15 bits per heavy atom. The summed E-state index contributed by atoms with van der Waals surface area (Å²) in [7, 11) is 0. The van der Waals surface area contributed by atoms with Crippen molar-refractivity contribution >= 4 is 22.5 Å². The molecule has 1 aromatic heterocycles. The van der Waals surface area contributed by atoms with Crippen LogP contribution in [0.15, 0.2) is 78.9 Å². The zero-order valence-electron chi connectivity index (χ0n) is 18.2. The van der Waals surface area contributed by atoms with E-state index in [9.17, 15) is 18.0 Å². The predicted molar refractivity (Wildman–Crippen MR) is 124 cm³/mol. The highest BCUT2D eigenvalue weighted by Gasteiger charge is 2.30. The van der Waals surface area contributed by atoms with Gasteiger partial charge in [-0.05, 0) is 17.7 Å². The molecule has 172 valence electrons. The SMILES string of the molecule is O=C1CN(c2nnc(-c3ccc(C(F)(F)F)cc3)c3ccccc23)CCN1Cc1ccccc1. The lowest BCUT2D eigenvalue weighted by molar-refractivity contribution is -0.137. The standard InChI is InChI=1S/C26H21F3N4O/c27-26(28,29)20-12-10-19(11-13-20)24-21-8-4-5-9-22(21)25(31-30-24)33-15-14-32(23(34)17-33)16-18-6-2-1-3-7-18/h1-13H,14-17H2. The van der Waals surface area contributed by atoms with Crippen LogP contribution >= 0.6 is 0 Å². The van der Waals surface area contributed by atoms with Crippen LogP contribution in [0.5, 0.6) is 0 Å². The maximum Gasteiger partial charge on any atom is 0.416 e.